The zero-order valence-corrected chi connectivity index (χ0v) is 9.75. The molecule has 1 aliphatic heterocycles. The fourth-order valence-electron chi connectivity index (χ4n) is 2.09. The van der Waals surface area contributed by atoms with Crippen LogP contribution >= 0.6 is 0 Å². The summed E-state index contributed by atoms with van der Waals surface area (Å²) in [5, 5.41) is 10.8. The molecule has 0 spiro atoms. The van der Waals surface area contributed by atoms with Gasteiger partial charge in [0, 0.05) is 13.1 Å². The third kappa shape index (κ3) is 2.59. The van der Waals surface area contributed by atoms with E-state index in [0.29, 0.717) is 18.9 Å². The first-order valence-corrected chi connectivity index (χ1v) is 5.60. The highest BCUT2D eigenvalue weighted by atomic mass is 19.4. The first kappa shape index (κ1) is 12.3. The van der Waals surface area contributed by atoms with E-state index in [0.717, 1.165) is 0 Å². The Balaban J connectivity index is 2.28. The van der Waals surface area contributed by atoms with Gasteiger partial charge in [-0.3, -0.25) is 0 Å². The van der Waals surface area contributed by atoms with Gasteiger partial charge in [-0.15, -0.1) is 10.2 Å². The first-order valence-electron chi connectivity index (χ1n) is 5.60. The number of aromatic nitrogens is 3. The van der Waals surface area contributed by atoms with E-state index < -0.39 is 12.6 Å². The van der Waals surface area contributed by atoms with Crippen LogP contribution in [0.15, 0.2) is 0 Å². The van der Waals surface area contributed by atoms with Gasteiger partial charge in [-0.2, -0.15) is 13.2 Å². The number of hydrogen-bond donors (Lipinski definition) is 1. The minimum absolute atomic E-state index is 0.0136. The highest BCUT2D eigenvalue weighted by Crippen LogP contribution is 2.26. The maximum absolute atomic E-state index is 12.3. The van der Waals surface area contributed by atoms with Crippen molar-refractivity contribution in [2.24, 2.45) is 5.92 Å². The Labute approximate surface area is 97.2 Å². The molecule has 1 aromatic rings. The van der Waals surface area contributed by atoms with Gasteiger partial charge >= 0.3 is 6.18 Å². The zero-order chi connectivity index (χ0) is 12.6. The summed E-state index contributed by atoms with van der Waals surface area (Å²) in [6, 6.07) is -0.0155. The van der Waals surface area contributed by atoms with Crippen molar-refractivity contribution in [2.45, 2.75) is 39.0 Å². The van der Waals surface area contributed by atoms with Crippen LogP contribution < -0.4 is 5.32 Å². The third-order valence-electron chi connectivity index (χ3n) is 2.86. The van der Waals surface area contributed by atoms with Gasteiger partial charge in [0.25, 0.3) is 0 Å². The lowest BCUT2D eigenvalue weighted by molar-refractivity contribution is -0.129. The average Bonchev–Trinajstić information content (AvgIpc) is 2.59. The summed E-state index contributed by atoms with van der Waals surface area (Å²) in [4.78, 5) is 0. The summed E-state index contributed by atoms with van der Waals surface area (Å²) in [7, 11) is 0. The third-order valence-corrected chi connectivity index (χ3v) is 2.86. The number of fused-ring (bicyclic) bond motifs is 1. The van der Waals surface area contributed by atoms with Crippen LogP contribution in [0.25, 0.3) is 0 Å². The molecule has 96 valence electrons. The van der Waals surface area contributed by atoms with Crippen LogP contribution in [0.2, 0.25) is 0 Å². The molecule has 0 bridgehead atoms. The summed E-state index contributed by atoms with van der Waals surface area (Å²) in [5.41, 5.74) is 0. The number of rotatable bonds is 2. The van der Waals surface area contributed by atoms with Gasteiger partial charge in [-0.1, -0.05) is 13.8 Å². The maximum Gasteiger partial charge on any atom is 0.396 e. The highest BCUT2D eigenvalue weighted by molar-refractivity contribution is 5.06. The average molecular weight is 248 g/mol. The van der Waals surface area contributed by atoms with Crippen molar-refractivity contribution in [1.82, 2.24) is 20.1 Å². The van der Waals surface area contributed by atoms with Gasteiger partial charge in [-0.05, 0) is 5.92 Å². The van der Waals surface area contributed by atoms with Crippen LogP contribution in [0.4, 0.5) is 13.2 Å². The summed E-state index contributed by atoms with van der Waals surface area (Å²) in [5.74, 6) is 0.905. The van der Waals surface area contributed by atoms with Crippen LogP contribution in [0.3, 0.4) is 0 Å². The SMILES string of the molecule is CC(C)C1NCCn2c(CC(F)(F)F)nnc21. The van der Waals surface area contributed by atoms with Crippen molar-refractivity contribution >= 4 is 0 Å². The fourth-order valence-corrected chi connectivity index (χ4v) is 2.09. The van der Waals surface area contributed by atoms with E-state index in [1.54, 1.807) is 4.57 Å². The molecular formula is C10H15F3N4. The zero-order valence-electron chi connectivity index (χ0n) is 9.75. The van der Waals surface area contributed by atoms with Crippen molar-refractivity contribution < 1.29 is 13.2 Å². The molecule has 0 saturated heterocycles. The molecule has 1 aromatic heterocycles. The second-order valence-corrected chi connectivity index (χ2v) is 4.59. The Kier molecular flexibility index (Phi) is 3.11. The van der Waals surface area contributed by atoms with Crippen LogP contribution in [0.5, 0.6) is 0 Å². The Bertz CT molecular complexity index is 397. The lowest BCUT2D eigenvalue weighted by Gasteiger charge is -2.27. The predicted molar refractivity (Wildman–Crippen MR) is 55.4 cm³/mol. The number of alkyl halides is 3. The van der Waals surface area contributed by atoms with Crippen LogP contribution in [-0.2, 0) is 13.0 Å². The van der Waals surface area contributed by atoms with Gasteiger partial charge in [0.2, 0.25) is 0 Å². The van der Waals surface area contributed by atoms with Gasteiger partial charge in [-0.25, -0.2) is 0 Å². The largest absolute Gasteiger partial charge is 0.396 e. The maximum atomic E-state index is 12.3. The molecule has 0 radical (unpaired) electrons. The Morgan fingerprint density at radius 3 is 2.71 bits per heavy atom. The molecule has 4 nitrogen and oxygen atoms in total. The van der Waals surface area contributed by atoms with Crippen molar-refractivity contribution in [2.75, 3.05) is 6.54 Å². The second-order valence-electron chi connectivity index (χ2n) is 4.59. The molecule has 0 aromatic carbocycles. The minimum Gasteiger partial charge on any atom is -0.312 e. The Morgan fingerprint density at radius 2 is 2.12 bits per heavy atom. The molecule has 2 rings (SSSR count). The van der Waals surface area contributed by atoms with E-state index in [4.69, 9.17) is 0 Å². The molecule has 1 aliphatic rings. The molecule has 17 heavy (non-hydrogen) atoms. The quantitative estimate of drug-likeness (QED) is 0.866. The molecule has 1 atom stereocenters. The first-order chi connectivity index (χ1) is 7.88. The fraction of sp³-hybridized carbons (Fsp3) is 0.800. The van der Waals surface area contributed by atoms with Gasteiger partial charge < -0.3 is 9.88 Å². The van der Waals surface area contributed by atoms with Crippen molar-refractivity contribution in [3.8, 4) is 0 Å². The topological polar surface area (TPSA) is 42.7 Å². The van der Waals surface area contributed by atoms with Crippen LogP contribution in [0, 0.1) is 5.92 Å². The van der Waals surface area contributed by atoms with E-state index in [2.05, 4.69) is 15.5 Å². The molecule has 0 saturated carbocycles. The van der Waals surface area contributed by atoms with E-state index >= 15 is 0 Å². The molecule has 2 heterocycles. The monoisotopic (exact) mass is 248 g/mol. The van der Waals surface area contributed by atoms with Crippen LogP contribution in [-0.4, -0.2) is 27.5 Å². The molecule has 7 heteroatoms. The van der Waals surface area contributed by atoms with E-state index in [1.807, 2.05) is 13.8 Å². The van der Waals surface area contributed by atoms with E-state index in [-0.39, 0.29) is 17.8 Å². The molecule has 0 amide bonds. The number of halogens is 3. The number of nitrogens with one attached hydrogen (secondary N) is 1. The normalized spacial score (nSPS) is 20.7. The Hall–Kier alpha value is -1.11. The van der Waals surface area contributed by atoms with Crippen LogP contribution in [0.1, 0.15) is 31.5 Å². The summed E-state index contributed by atoms with van der Waals surface area (Å²) >= 11 is 0. The number of nitrogens with zero attached hydrogens (tertiary/aromatic N) is 3. The molecule has 0 fully saturated rings. The molecular weight excluding hydrogens is 233 g/mol. The highest BCUT2D eigenvalue weighted by Gasteiger charge is 2.34. The van der Waals surface area contributed by atoms with Crippen molar-refractivity contribution in [3.63, 3.8) is 0 Å². The van der Waals surface area contributed by atoms with Crippen molar-refractivity contribution in [3.05, 3.63) is 11.6 Å². The van der Waals surface area contributed by atoms with E-state index in [1.165, 1.54) is 0 Å². The smallest absolute Gasteiger partial charge is 0.312 e. The molecule has 0 aliphatic carbocycles. The minimum atomic E-state index is -4.23. The molecule has 1 unspecified atom stereocenters. The lowest BCUT2D eigenvalue weighted by Crippen LogP contribution is -2.37. The summed E-state index contributed by atoms with van der Waals surface area (Å²) in [6.07, 6.45) is -5.24. The second kappa shape index (κ2) is 4.29. The summed E-state index contributed by atoms with van der Waals surface area (Å²) in [6.45, 7) is 5.16. The standard InChI is InChI=1S/C10H15F3N4/c1-6(2)8-9-16-15-7(5-10(11,12)13)17(9)4-3-14-8/h6,8,14H,3-5H2,1-2H3. The predicted octanol–water partition coefficient (Wildman–Crippen LogP) is 1.68. The van der Waals surface area contributed by atoms with Crippen molar-refractivity contribution in [1.29, 1.82) is 0 Å². The van der Waals surface area contributed by atoms with E-state index in [9.17, 15) is 13.2 Å². The lowest BCUT2D eigenvalue weighted by atomic mass is 10.0. The molecule has 1 N–H and O–H groups in total. The van der Waals surface area contributed by atoms with Gasteiger partial charge in [0.15, 0.2) is 5.82 Å². The summed E-state index contributed by atoms with van der Waals surface area (Å²) < 4.78 is 38.6. The Morgan fingerprint density at radius 1 is 1.41 bits per heavy atom. The number of hydrogen-bond acceptors (Lipinski definition) is 3. The van der Waals surface area contributed by atoms with Gasteiger partial charge in [0.05, 0.1) is 6.04 Å². The van der Waals surface area contributed by atoms with Gasteiger partial charge in [0.1, 0.15) is 12.2 Å².